The number of hydrogen-bond donors (Lipinski definition) is 3. The number of aliphatic carboxylic acids is 2. The molecule has 1 heterocycles. The lowest BCUT2D eigenvalue weighted by Gasteiger charge is -2.20. The van der Waals surface area contributed by atoms with Crippen molar-refractivity contribution in [2.45, 2.75) is 22.6 Å². The van der Waals surface area contributed by atoms with Crippen LogP contribution in [0.15, 0.2) is 29.2 Å². The van der Waals surface area contributed by atoms with Crippen molar-refractivity contribution < 1.29 is 24.5 Å². The molecule has 0 amide bonds. The second-order valence-corrected chi connectivity index (χ2v) is 6.07. The number of benzene rings is 1. The molecule has 21 heavy (non-hydrogen) atoms. The summed E-state index contributed by atoms with van der Waals surface area (Å²) in [5.74, 6) is -1.75. The highest BCUT2D eigenvalue weighted by molar-refractivity contribution is 8.00. The van der Waals surface area contributed by atoms with E-state index in [4.69, 9.17) is 9.84 Å². The van der Waals surface area contributed by atoms with Gasteiger partial charge in [-0.3, -0.25) is 9.59 Å². The molecular formula is C14H17NO5S. The van der Waals surface area contributed by atoms with Crippen molar-refractivity contribution in [2.24, 2.45) is 5.92 Å². The van der Waals surface area contributed by atoms with E-state index in [1.807, 2.05) is 24.3 Å². The summed E-state index contributed by atoms with van der Waals surface area (Å²) in [5.41, 5.74) is 0. The molecule has 1 fully saturated rings. The number of thioether (sulfide) groups is 1. The number of rotatable bonds is 6. The van der Waals surface area contributed by atoms with Gasteiger partial charge in [0.05, 0.1) is 13.5 Å². The zero-order valence-corrected chi connectivity index (χ0v) is 12.3. The summed E-state index contributed by atoms with van der Waals surface area (Å²) in [4.78, 5) is 23.1. The molecule has 0 aromatic heterocycles. The Balaban J connectivity index is 2.17. The normalized spacial score (nSPS) is 24.7. The van der Waals surface area contributed by atoms with Gasteiger partial charge >= 0.3 is 11.9 Å². The molecule has 3 N–H and O–H groups in total. The number of para-hydroxylation sites is 1. The third-order valence-corrected chi connectivity index (χ3v) is 4.88. The Kier molecular flexibility index (Phi) is 5.08. The fourth-order valence-corrected chi connectivity index (χ4v) is 3.85. The second kappa shape index (κ2) is 6.82. The Morgan fingerprint density at radius 2 is 2.10 bits per heavy atom. The zero-order valence-electron chi connectivity index (χ0n) is 11.5. The molecule has 7 heteroatoms. The van der Waals surface area contributed by atoms with Crippen LogP contribution in [0.5, 0.6) is 5.75 Å². The molecule has 1 aliphatic rings. The maximum atomic E-state index is 11.2. The lowest BCUT2D eigenvalue weighted by molar-refractivity contribution is -0.141. The highest BCUT2D eigenvalue weighted by Gasteiger charge is 2.41. The Morgan fingerprint density at radius 3 is 2.71 bits per heavy atom. The summed E-state index contributed by atoms with van der Waals surface area (Å²) in [7, 11) is 1.57. The molecular weight excluding hydrogens is 294 g/mol. The third-order valence-electron chi connectivity index (χ3n) is 3.47. The van der Waals surface area contributed by atoms with Crippen molar-refractivity contribution in [3.05, 3.63) is 24.3 Å². The van der Waals surface area contributed by atoms with E-state index in [0.717, 1.165) is 4.90 Å². The number of methoxy groups -OCH3 is 1. The van der Waals surface area contributed by atoms with Gasteiger partial charge in [0.15, 0.2) is 0 Å². The Labute approximate surface area is 126 Å². The topological polar surface area (TPSA) is 95.9 Å². The van der Waals surface area contributed by atoms with E-state index in [2.05, 4.69) is 5.32 Å². The molecule has 1 aliphatic heterocycles. The summed E-state index contributed by atoms with van der Waals surface area (Å²) >= 11 is 1.46. The van der Waals surface area contributed by atoms with Crippen molar-refractivity contribution in [2.75, 3.05) is 13.7 Å². The van der Waals surface area contributed by atoms with Gasteiger partial charge in [-0.05, 0) is 12.1 Å². The van der Waals surface area contributed by atoms with E-state index in [9.17, 15) is 14.7 Å². The fourth-order valence-electron chi connectivity index (χ4n) is 2.49. The maximum absolute atomic E-state index is 11.2. The molecule has 0 radical (unpaired) electrons. The predicted octanol–water partition coefficient (Wildman–Crippen LogP) is 1.30. The molecule has 1 unspecified atom stereocenters. The fraction of sp³-hybridized carbons (Fsp3) is 0.429. The van der Waals surface area contributed by atoms with E-state index < -0.39 is 23.9 Å². The van der Waals surface area contributed by atoms with Crippen LogP contribution in [0.1, 0.15) is 6.42 Å². The summed E-state index contributed by atoms with van der Waals surface area (Å²) in [6.07, 6.45) is -0.170. The average molecular weight is 311 g/mol. The zero-order chi connectivity index (χ0) is 15.4. The summed E-state index contributed by atoms with van der Waals surface area (Å²) in [6, 6.07) is 6.60. The minimum atomic E-state index is -1.01. The standard InChI is InChI=1S/C14H17NO5S/c1-20-9-4-2-3-5-10(9)21-11-7-15-13(14(18)19)8(11)6-12(16)17/h2-5,8,11,13,15H,6-7H2,1H3,(H,16,17)(H,18,19)/t8-,11?,13-/m0/s1. The van der Waals surface area contributed by atoms with Gasteiger partial charge in [0.25, 0.3) is 0 Å². The highest BCUT2D eigenvalue weighted by Crippen LogP contribution is 2.38. The first-order valence-corrected chi connectivity index (χ1v) is 7.38. The van der Waals surface area contributed by atoms with Gasteiger partial charge in [0.2, 0.25) is 0 Å². The Bertz CT molecular complexity index is 536. The number of carboxylic acids is 2. The monoisotopic (exact) mass is 311 g/mol. The van der Waals surface area contributed by atoms with E-state index in [1.54, 1.807) is 7.11 Å². The van der Waals surface area contributed by atoms with Crippen molar-refractivity contribution in [3.8, 4) is 5.75 Å². The van der Waals surface area contributed by atoms with Crippen LogP contribution in [0.4, 0.5) is 0 Å². The van der Waals surface area contributed by atoms with E-state index in [1.165, 1.54) is 11.8 Å². The lowest BCUT2D eigenvalue weighted by Crippen LogP contribution is -2.37. The quantitative estimate of drug-likeness (QED) is 0.729. The van der Waals surface area contributed by atoms with Crippen LogP contribution in [0, 0.1) is 5.92 Å². The molecule has 3 atom stereocenters. The van der Waals surface area contributed by atoms with Crippen LogP contribution in [0.3, 0.4) is 0 Å². The van der Waals surface area contributed by atoms with Gasteiger partial charge in [0.1, 0.15) is 11.8 Å². The van der Waals surface area contributed by atoms with Crippen LogP contribution in [-0.2, 0) is 9.59 Å². The minimum Gasteiger partial charge on any atom is -0.496 e. The number of nitrogens with one attached hydrogen (secondary N) is 1. The van der Waals surface area contributed by atoms with Gasteiger partial charge in [-0.2, -0.15) is 0 Å². The van der Waals surface area contributed by atoms with Crippen molar-refractivity contribution in [1.82, 2.24) is 5.32 Å². The first-order valence-electron chi connectivity index (χ1n) is 6.50. The van der Waals surface area contributed by atoms with Gasteiger partial charge in [-0.15, -0.1) is 11.8 Å². The van der Waals surface area contributed by atoms with Gasteiger partial charge in [-0.25, -0.2) is 0 Å². The van der Waals surface area contributed by atoms with Gasteiger partial charge < -0.3 is 20.3 Å². The van der Waals surface area contributed by atoms with E-state index in [-0.39, 0.29) is 11.7 Å². The highest BCUT2D eigenvalue weighted by atomic mass is 32.2. The number of ether oxygens (including phenoxy) is 1. The average Bonchev–Trinajstić information content (AvgIpc) is 2.82. The smallest absolute Gasteiger partial charge is 0.321 e. The van der Waals surface area contributed by atoms with Crippen LogP contribution in [0.2, 0.25) is 0 Å². The molecule has 114 valence electrons. The first-order chi connectivity index (χ1) is 10.0. The van der Waals surface area contributed by atoms with Crippen molar-refractivity contribution in [1.29, 1.82) is 0 Å². The molecule has 0 spiro atoms. The summed E-state index contributed by atoms with van der Waals surface area (Å²) < 4.78 is 5.27. The SMILES string of the molecule is COc1ccccc1SC1CN[C@H](C(=O)O)[C@H]1CC(=O)O. The largest absolute Gasteiger partial charge is 0.496 e. The minimum absolute atomic E-state index is 0.126. The van der Waals surface area contributed by atoms with Gasteiger partial charge in [0, 0.05) is 22.6 Å². The van der Waals surface area contributed by atoms with Crippen molar-refractivity contribution >= 4 is 23.7 Å². The third kappa shape index (κ3) is 3.68. The maximum Gasteiger partial charge on any atom is 0.321 e. The van der Waals surface area contributed by atoms with E-state index >= 15 is 0 Å². The molecule has 1 aromatic carbocycles. The Morgan fingerprint density at radius 1 is 1.38 bits per heavy atom. The van der Waals surface area contributed by atoms with E-state index in [0.29, 0.717) is 12.3 Å². The Hall–Kier alpha value is -1.73. The summed E-state index contributed by atoms with van der Waals surface area (Å²) in [5, 5.41) is 21.0. The van der Waals surface area contributed by atoms with Crippen LogP contribution >= 0.6 is 11.8 Å². The molecule has 0 bridgehead atoms. The number of carboxylic acid groups (broad SMARTS) is 2. The molecule has 0 aliphatic carbocycles. The molecule has 1 aromatic rings. The summed E-state index contributed by atoms with van der Waals surface area (Å²) in [6.45, 7) is 0.456. The number of carbonyl (C=O) groups is 2. The molecule has 1 saturated heterocycles. The lowest BCUT2D eigenvalue weighted by atomic mass is 9.96. The van der Waals surface area contributed by atoms with Crippen LogP contribution < -0.4 is 10.1 Å². The second-order valence-electron chi connectivity index (χ2n) is 4.79. The van der Waals surface area contributed by atoms with Crippen LogP contribution in [0.25, 0.3) is 0 Å². The molecule has 0 saturated carbocycles. The molecule has 6 nitrogen and oxygen atoms in total. The van der Waals surface area contributed by atoms with Gasteiger partial charge in [-0.1, -0.05) is 12.1 Å². The van der Waals surface area contributed by atoms with Crippen molar-refractivity contribution in [3.63, 3.8) is 0 Å². The number of hydrogen-bond acceptors (Lipinski definition) is 5. The first kappa shape index (κ1) is 15.7. The molecule has 2 rings (SSSR count). The van der Waals surface area contributed by atoms with Crippen LogP contribution in [-0.4, -0.2) is 47.1 Å². The predicted molar refractivity (Wildman–Crippen MR) is 77.8 cm³/mol.